The summed E-state index contributed by atoms with van der Waals surface area (Å²) >= 11 is 0. The number of unbranched alkanes of at least 4 members (excludes halogenated alkanes) is 4. The molecule has 0 saturated carbocycles. The second-order valence-corrected chi connectivity index (χ2v) is 11.4. The van der Waals surface area contributed by atoms with E-state index in [2.05, 4.69) is 62.6 Å². The normalized spacial score (nSPS) is 11.1. The number of benzene rings is 2. The van der Waals surface area contributed by atoms with E-state index >= 15 is 0 Å². The highest BCUT2D eigenvalue weighted by molar-refractivity contribution is 5.76. The second-order valence-electron chi connectivity index (χ2n) is 11.4. The zero-order valence-corrected chi connectivity index (χ0v) is 27.5. The van der Waals surface area contributed by atoms with Crippen molar-refractivity contribution in [3.63, 3.8) is 0 Å². The van der Waals surface area contributed by atoms with E-state index in [0.717, 1.165) is 49.7 Å². The monoisotopic (exact) mass is 610 g/mol. The topological polar surface area (TPSA) is 117 Å². The maximum atomic E-state index is 11.8. The minimum Gasteiger partial charge on any atom is -0.504 e. The van der Waals surface area contributed by atoms with Crippen molar-refractivity contribution in [1.29, 1.82) is 0 Å². The molecule has 0 atom stereocenters. The highest BCUT2D eigenvalue weighted by Gasteiger charge is 2.06. The molecule has 2 rings (SSSR count). The Hall–Kier alpha value is -3.94. The lowest BCUT2D eigenvalue weighted by Gasteiger charge is -2.08. The fourth-order valence-corrected chi connectivity index (χ4v) is 4.07. The van der Waals surface area contributed by atoms with Gasteiger partial charge in [-0.25, -0.2) is 0 Å². The number of methoxy groups -OCH3 is 2. The standard InChI is InChI=1S/2C18H27NO3/c2*1-14(2)8-6-4-5-7-9-18(21)19-13-15-10-11-16(20)17(12-15)22-3/h2*6,8,10-12,14,20H,4-5,7,9,13H2,1-3H3,(H,19,21)/b8-6+;. The maximum Gasteiger partial charge on any atom is 0.220 e. The Morgan fingerprint density at radius 2 is 1.07 bits per heavy atom. The van der Waals surface area contributed by atoms with Crippen molar-refractivity contribution >= 4 is 11.8 Å². The molecule has 0 spiro atoms. The summed E-state index contributed by atoms with van der Waals surface area (Å²) in [5.41, 5.74) is 1.81. The van der Waals surface area contributed by atoms with Crippen LogP contribution in [0.3, 0.4) is 0 Å². The van der Waals surface area contributed by atoms with Crippen LogP contribution in [0.15, 0.2) is 60.7 Å². The van der Waals surface area contributed by atoms with E-state index in [4.69, 9.17) is 9.47 Å². The number of rotatable bonds is 18. The molecule has 0 aliphatic carbocycles. The van der Waals surface area contributed by atoms with Crippen LogP contribution < -0.4 is 20.1 Å². The van der Waals surface area contributed by atoms with E-state index in [-0.39, 0.29) is 23.3 Å². The lowest BCUT2D eigenvalue weighted by molar-refractivity contribution is -0.122. The summed E-state index contributed by atoms with van der Waals surface area (Å²) in [6.45, 7) is 9.51. The van der Waals surface area contributed by atoms with Gasteiger partial charge in [-0.2, -0.15) is 0 Å². The molecular formula is C36H54N2O6. The Labute approximate surface area is 264 Å². The molecule has 0 aliphatic rings. The summed E-state index contributed by atoms with van der Waals surface area (Å²) in [6.07, 6.45) is 15.8. The molecule has 0 aliphatic heterocycles. The molecule has 2 aromatic carbocycles. The molecule has 8 nitrogen and oxygen atoms in total. The molecule has 244 valence electrons. The number of hydrogen-bond donors (Lipinski definition) is 4. The molecule has 2 aromatic rings. The van der Waals surface area contributed by atoms with E-state index in [9.17, 15) is 19.8 Å². The minimum absolute atomic E-state index is 0.0554. The van der Waals surface area contributed by atoms with E-state index in [0.29, 0.717) is 49.3 Å². The van der Waals surface area contributed by atoms with Gasteiger partial charge in [-0.1, -0.05) is 64.1 Å². The third kappa shape index (κ3) is 17.9. The summed E-state index contributed by atoms with van der Waals surface area (Å²) in [5.74, 6) is 2.34. The lowest BCUT2D eigenvalue weighted by Crippen LogP contribution is -2.22. The molecule has 0 saturated heterocycles. The van der Waals surface area contributed by atoms with Crippen molar-refractivity contribution in [2.24, 2.45) is 11.8 Å². The highest BCUT2D eigenvalue weighted by Crippen LogP contribution is 2.27. The van der Waals surface area contributed by atoms with Gasteiger partial charge in [-0.05, 0) is 85.8 Å². The second kappa shape index (κ2) is 22.6. The summed E-state index contributed by atoms with van der Waals surface area (Å²) in [6, 6.07) is 10.1. The number of carbonyl (C=O) groups excluding carboxylic acids is 2. The third-order valence-corrected chi connectivity index (χ3v) is 6.56. The summed E-state index contributed by atoms with van der Waals surface area (Å²) in [5, 5.41) is 24.8. The van der Waals surface area contributed by atoms with Gasteiger partial charge in [0.1, 0.15) is 0 Å². The van der Waals surface area contributed by atoms with Crippen LogP contribution in [0.5, 0.6) is 23.0 Å². The maximum absolute atomic E-state index is 11.8. The van der Waals surface area contributed by atoms with Gasteiger partial charge in [0.25, 0.3) is 0 Å². The molecule has 0 bridgehead atoms. The van der Waals surface area contributed by atoms with Gasteiger partial charge in [0, 0.05) is 25.9 Å². The van der Waals surface area contributed by atoms with Crippen molar-refractivity contribution in [3.05, 3.63) is 71.8 Å². The molecule has 0 aromatic heterocycles. The zero-order chi connectivity index (χ0) is 32.7. The summed E-state index contributed by atoms with van der Waals surface area (Å²) in [7, 11) is 3.01. The fraction of sp³-hybridized carbons (Fsp3) is 0.500. The largest absolute Gasteiger partial charge is 0.504 e. The van der Waals surface area contributed by atoms with E-state index in [1.54, 1.807) is 36.4 Å². The van der Waals surface area contributed by atoms with Crippen LogP contribution in [0.2, 0.25) is 0 Å². The van der Waals surface area contributed by atoms with E-state index in [1.807, 2.05) is 0 Å². The summed E-state index contributed by atoms with van der Waals surface area (Å²) < 4.78 is 10.1. The number of allylic oxidation sites excluding steroid dienone is 4. The van der Waals surface area contributed by atoms with Crippen molar-refractivity contribution in [2.45, 2.75) is 92.2 Å². The molecule has 8 heteroatoms. The van der Waals surface area contributed by atoms with Crippen LogP contribution in [0.4, 0.5) is 0 Å². The first kappa shape index (κ1) is 38.1. The van der Waals surface area contributed by atoms with Gasteiger partial charge >= 0.3 is 0 Å². The minimum atomic E-state index is 0.0554. The predicted octanol–water partition coefficient (Wildman–Crippen LogP) is 7.58. The first-order valence-electron chi connectivity index (χ1n) is 15.6. The molecule has 0 fully saturated rings. The van der Waals surface area contributed by atoms with E-state index < -0.39 is 0 Å². The van der Waals surface area contributed by atoms with Gasteiger partial charge in [-0.15, -0.1) is 0 Å². The fourth-order valence-electron chi connectivity index (χ4n) is 4.07. The molecule has 0 radical (unpaired) electrons. The number of carbonyl (C=O) groups is 2. The van der Waals surface area contributed by atoms with Crippen molar-refractivity contribution in [3.8, 4) is 23.0 Å². The first-order valence-corrected chi connectivity index (χ1v) is 15.6. The SMILES string of the molecule is COc1cc(CNC(=O)CCCC/C=C/C(C)C)ccc1O.COc1cc(CNC(=O)CCCCC=CC(C)C)ccc1O. The number of aromatic hydroxyl groups is 2. The highest BCUT2D eigenvalue weighted by atomic mass is 16.5. The van der Waals surface area contributed by atoms with Gasteiger partial charge in [0.15, 0.2) is 23.0 Å². The van der Waals surface area contributed by atoms with Crippen LogP contribution in [-0.2, 0) is 22.7 Å². The first-order chi connectivity index (χ1) is 21.0. The molecule has 44 heavy (non-hydrogen) atoms. The Bertz CT molecular complexity index is 1080. The Morgan fingerprint density at radius 3 is 1.41 bits per heavy atom. The van der Waals surface area contributed by atoms with Crippen molar-refractivity contribution < 1.29 is 29.3 Å². The van der Waals surface area contributed by atoms with Gasteiger partial charge in [0.2, 0.25) is 11.8 Å². The third-order valence-electron chi connectivity index (χ3n) is 6.56. The van der Waals surface area contributed by atoms with Gasteiger partial charge in [0.05, 0.1) is 14.2 Å². The Balaban J connectivity index is 0.000000440. The Morgan fingerprint density at radius 1 is 0.682 bits per heavy atom. The Kier molecular flexibility index (Phi) is 19.5. The quantitative estimate of drug-likeness (QED) is 0.102. The lowest BCUT2D eigenvalue weighted by atomic mass is 10.1. The predicted molar refractivity (Wildman–Crippen MR) is 178 cm³/mol. The number of nitrogens with one attached hydrogen (secondary N) is 2. The number of ether oxygens (including phenoxy) is 2. The number of phenolic OH excluding ortho intramolecular Hbond substituents is 2. The van der Waals surface area contributed by atoms with Gasteiger partial charge < -0.3 is 30.3 Å². The average Bonchev–Trinajstić information content (AvgIpc) is 2.99. The van der Waals surface area contributed by atoms with Crippen LogP contribution in [0, 0.1) is 11.8 Å². The number of phenols is 2. The van der Waals surface area contributed by atoms with Crippen LogP contribution >= 0.6 is 0 Å². The van der Waals surface area contributed by atoms with Crippen LogP contribution in [0.1, 0.15) is 90.2 Å². The van der Waals surface area contributed by atoms with Crippen LogP contribution in [0.25, 0.3) is 0 Å². The zero-order valence-electron chi connectivity index (χ0n) is 27.5. The van der Waals surface area contributed by atoms with E-state index in [1.165, 1.54) is 14.2 Å². The molecule has 4 N–H and O–H groups in total. The number of hydrogen-bond acceptors (Lipinski definition) is 6. The molecule has 2 amide bonds. The van der Waals surface area contributed by atoms with Crippen molar-refractivity contribution in [2.75, 3.05) is 14.2 Å². The molecule has 0 unspecified atom stereocenters. The molecule has 0 heterocycles. The average molecular weight is 611 g/mol. The van der Waals surface area contributed by atoms with Crippen molar-refractivity contribution in [1.82, 2.24) is 10.6 Å². The smallest absolute Gasteiger partial charge is 0.220 e. The van der Waals surface area contributed by atoms with Crippen LogP contribution in [-0.4, -0.2) is 36.2 Å². The van der Waals surface area contributed by atoms with Gasteiger partial charge in [-0.3, -0.25) is 9.59 Å². The summed E-state index contributed by atoms with van der Waals surface area (Å²) in [4.78, 5) is 23.5. The number of amides is 2. The molecular weight excluding hydrogens is 556 g/mol.